The third-order valence-corrected chi connectivity index (χ3v) is 4.27. The number of hydrogen-bond acceptors (Lipinski definition) is 2. The maximum atomic E-state index is 12.1. The molecule has 0 bridgehead atoms. The van der Waals surface area contributed by atoms with Crippen molar-refractivity contribution >= 4 is 17.5 Å². The van der Waals surface area contributed by atoms with E-state index in [1.165, 1.54) is 16.7 Å². The van der Waals surface area contributed by atoms with Gasteiger partial charge in [-0.05, 0) is 24.5 Å². The van der Waals surface area contributed by atoms with E-state index in [1.807, 2.05) is 24.3 Å². The highest BCUT2D eigenvalue weighted by Gasteiger charge is 2.06. The predicted molar refractivity (Wildman–Crippen MR) is 87.5 cm³/mol. The Morgan fingerprint density at radius 2 is 1.80 bits per heavy atom. The van der Waals surface area contributed by atoms with E-state index in [0.717, 1.165) is 17.7 Å². The van der Waals surface area contributed by atoms with Crippen molar-refractivity contribution in [3.05, 3.63) is 70.8 Å². The van der Waals surface area contributed by atoms with Crippen molar-refractivity contribution in [2.24, 2.45) is 0 Å². The highest BCUT2D eigenvalue weighted by molar-refractivity contribution is 7.99. The van der Waals surface area contributed by atoms with Gasteiger partial charge in [0.1, 0.15) is 0 Å². The first-order valence-electron chi connectivity index (χ1n) is 6.94. The van der Waals surface area contributed by atoms with Crippen LogP contribution in [0.2, 0.25) is 0 Å². The van der Waals surface area contributed by atoms with Crippen LogP contribution < -0.4 is 0 Å². The van der Waals surface area contributed by atoms with Gasteiger partial charge in [-0.3, -0.25) is 4.79 Å². The van der Waals surface area contributed by atoms with E-state index < -0.39 is 0 Å². The summed E-state index contributed by atoms with van der Waals surface area (Å²) in [6.07, 6.45) is 1.01. The Labute approximate surface area is 125 Å². The van der Waals surface area contributed by atoms with Gasteiger partial charge in [0, 0.05) is 11.3 Å². The van der Waals surface area contributed by atoms with Gasteiger partial charge in [-0.1, -0.05) is 61.0 Å². The fourth-order valence-electron chi connectivity index (χ4n) is 2.07. The smallest absolute Gasteiger partial charge is 0.172 e. The lowest BCUT2D eigenvalue weighted by Gasteiger charge is -2.04. The summed E-state index contributed by atoms with van der Waals surface area (Å²) >= 11 is 1.68. The average Bonchev–Trinajstić information content (AvgIpc) is 2.47. The van der Waals surface area contributed by atoms with Gasteiger partial charge in [0.25, 0.3) is 0 Å². The molecule has 0 aliphatic carbocycles. The molecule has 0 spiro atoms. The van der Waals surface area contributed by atoms with Crippen molar-refractivity contribution in [1.29, 1.82) is 0 Å². The normalized spacial score (nSPS) is 10.5. The van der Waals surface area contributed by atoms with Crippen LogP contribution in [0.3, 0.4) is 0 Å². The molecule has 0 saturated heterocycles. The molecule has 2 rings (SSSR count). The first-order valence-corrected chi connectivity index (χ1v) is 8.10. The molecule has 0 unspecified atom stereocenters. The van der Waals surface area contributed by atoms with Crippen LogP contribution in [0.4, 0.5) is 0 Å². The van der Waals surface area contributed by atoms with Crippen molar-refractivity contribution in [2.75, 3.05) is 5.75 Å². The molecule has 0 amide bonds. The average molecular weight is 284 g/mol. The lowest BCUT2D eigenvalue weighted by atomic mass is 10.1. The van der Waals surface area contributed by atoms with Crippen molar-refractivity contribution in [3.63, 3.8) is 0 Å². The Kier molecular flexibility index (Phi) is 5.42. The third kappa shape index (κ3) is 4.24. The van der Waals surface area contributed by atoms with E-state index in [1.54, 1.807) is 11.8 Å². The number of rotatable bonds is 6. The van der Waals surface area contributed by atoms with Crippen LogP contribution in [0.5, 0.6) is 0 Å². The first-order chi connectivity index (χ1) is 9.69. The maximum Gasteiger partial charge on any atom is 0.172 e. The van der Waals surface area contributed by atoms with Crippen molar-refractivity contribution in [3.8, 4) is 0 Å². The summed E-state index contributed by atoms with van der Waals surface area (Å²) in [7, 11) is 0. The number of aryl methyl sites for hydroxylation is 2. The number of ketones is 1. The lowest BCUT2D eigenvalue weighted by molar-refractivity contribution is 0.102. The Balaban J connectivity index is 1.85. The highest BCUT2D eigenvalue weighted by Crippen LogP contribution is 2.15. The minimum absolute atomic E-state index is 0.213. The van der Waals surface area contributed by atoms with Gasteiger partial charge in [0.2, 0.25) is 0 Å². The molecule has 20 heavy (non-hydrogen) atoms. The molecule has 2 heteroatoms. The maximum absolute atomic E-state index is 12.1. The number of carbonyl (C=O) groups excluding carboxylic acids is 1. The highest BCUT2D eigenvalue weighted by atomic mass is 32.2. The largest absolute Gasteiger partial charge is 0.293 e. The molecular weight excluding hydrogens is 264 g/mol. The molecular formula is C18H20OS. The number of Topliss-reactive ketones (excluding diaryl/α,β-unsaturated/α-hetero) is 1. The van der Waals surface area contributed by atoms with Crippen LogP contribution in [0, 0.1) is 6.92 Å². The number of hydrogen-bond donors (Lipinski definition) is 0. The topological polar surface area (TPSA) is 17.1 Å². The summed E-state index contributed by atoms with van der Waals surface area (Å²) in [6, 6.07) is 16.4. The molecule has 2 aromatic carbocycles. The second-order valence-electron chi connectivity index (χ2n) is 4.96. The monoisotopic (exact) mass is 284 g/mol. The van der Waals surface area contributed by atoms with Crippen LogP contribution >= 0.6 is 11.8 Å². The summed E-state index contributed by atoms with van der Waals surface area (Å²) in [5, 5.41) is 0. The zero-order chi connectivity index (χ0) is 14.4. The molecule has 0 atom stereocenters. The summed E-state index contributed by atoms with van der Waals surface area (Å²) < 4.78 is 0. The van der Waals surface area contributed by atoms with Crippen LogP contribution in [-0.2, 0) is 12.2 Å². The van der Waals surface area contributed by atoms with Gasteiger partial charge in [-0.2, -0.15) is 0 Å². The van der Waals surface area contributed by atoms with Crippen LogP contribution in [0.15, 0.2) is 48.5 Å². The fraction of sp³-hybridized carbons (Fsp3) is 0.278. The number of benzene rings is 2. The van der Waals surface area contributed by atoms with E-state index in [0.29, 0.717) is 5.75 Å². The van der Waals surface area contributed by atoms with Crippen molar-refractivity contribution < 1.29 is 4.79 Å². The quantitative estimate of drug-likeness (QED) is 0.717. The Hall–Kier alpha value is -1.54. The van der Waals surface area contributed by atoms with E-state index in [9.17, 15) is 4.79 Å². The zero-order valence-electron chi connectivity index (χ0n) is 12.1. The van der Waals surface area contributed by atoms with E-state index >= 15 is 0 Å². The van der Waals surface area contributed by atoms with Crippen LogP contribution in [0.1, 0.15) is 34.0 Å². The second kappa shape index (κ2) is 7.30. The minimum atomic E-state index is 0.213. The molecule has 0 heterocycles. The molecule has 0 saturated carbocycles. The van der Waals surface area contributed by atoms with E-state index in [4.69, 9.17) is 0 Å². The summed E-state index contributed by atoms with van der Waals surface area (Å²) in [6.45, 7) is 4.21. The Bertz CT molecular complexity index is 572. The molecule has 0 fully saturated rings. The second-order valence-corrected chi connectivity index (χ2v) is 5.94. The van der Waals surface area contributed by atoms with E-state index in [2.05, 4.69) is 38.1 Å². The molecule has 0 radical (unpaired) electrons. The lowest BCUT2D eigenvalue weighted by Crippen LogP contribution is -2.02. The molecule has 104 valence electrons. The van der Waals surface area contributed by atoms with Gasteiger partial charge in [-0.15, -0.1) is 11.8 Å². The van der Waals surface area contributed by atoms with Gasteiger partial charge in [-0.25, -0.2) is 0 Å². The summed E-state index contributed by atoms with van der Waals surface area (Å²) in [5.41, 5.74) is 4.64. The number of thioether (sulfide) groups is 1. The van der Waals surface area contributed by atoms with Crippen molar-refractivity contribution in [2.45, 2.75) is 26.0 Å². The first kappa shape index (κ1) is 14.9. The molecule has 0 N–H and O–H groups in total. The zero-order valence-corrected chi connectivity index (χ0v) is 12.9. The standard InChI is InChI=1S/C18H20OS/c1-3-15-7-9-17(10-8-15)18(19)13-20-12-16-6-4-5-14(2)11-16/h4-11H,3,12-13H2,1-2H3. The predicted octanol–water partition coefficient (Wildman–Crippen LogP) is 4.67. The van der Waals surface area contributed by atoms with Gasteiger partial charge >= 0.3 is 0 Å². The molecule has 1 nitrogen and oxygen atoms in total. The molecule has 0 aliphatic heterocycles. The van der Waals surface area contributed by atoms with Crippen LogP contribution in [-0.4, -0.2) is 11.5 Å². The fourth-order valence-corrected chi connectivity index (χ4v) is 2.94. The summed E-state index contributed by atoms with van der Waals surface area (Å²) in [4.78, 5) is 12.1. The Morgan fingerprint density at radius 1 is 1.05 bits per heavy atom. The van der Waals surface area contributed by atoms with Crippen molar-refractivity contribution in [1.82, 2.24) is 0 Å². The summed E-state index contributed by atoms with van der Waals surface area (Å²) in [5.74, 6) is 1.64. The van der Waals surface area contributed by atoms with Gasteiger partial charge < -0.3 is 0 Å². The Morgan fingerprint density at radius 3 is 2.45 bits per heavy atom. The minimum Gasteiger partial charge on any atom is -0.293 e. The molecule has 0 aliphatic rings. The van der Waals surface area contributed by atoms with Gasteiger partial charge in [0.15, 0.2) is 5.78 Å². The van der Waals surface area contributed by atoms with E-state index in [-0.39, 0.29) is 5.78 Å². The van der Waals surface area contributed by atoms with Gasteiger partial charge in [0.05, 0.1) is 5.75 Å². The molecule has 2 aromatic rings. The molecule has 0 aromatic heterocycles. The number of carbonyl (C=O) groups is 1. The third-order valence-electron chi connectivity index (χ3n) is 3.27. The SMILES string of the molecule is CCc1ccc(C(=O)CSCc2cccc(C)c2)cc1. The van der Waals surface area contributed by atoms with Crippen LogP contribution in [0.25, 0.3) is 0 Å².